The van der Waals surface area contributed by atoms with Crippen LogP contribution in [0.3, 0.4) is 0 Å². The number of pyridine rings is 2. The number of nitrogens with one attached hydrogen (secondary N) is 2. The van der Waals surface area contributed by atoms with Crippen LogP contribution in [0.5, 0.6) is 0 Å². The Morgan fingerprint density at radius 1 is 1.14 bits per heavy atom. The van der Waals surface area contributed by atoms with Gasteiger partial charge >= 0.3 is 0 Å². The fourth-order valence-corrected chi connectivity index (χ4v) is 2.33. The van der Waals surface area contributed by atoms with Gasteiger partial charge in [0, 0.05) is 22.7 Å². The predicted molar refractivity (Wildman–Crippen MR) is 78.5 cm³/mol. The van der Waals surface area contributed by atoms with Crippen molar-refractivity contribution in [3.63, 3.8) is 0 Å². The number of aromatic amines is 1. The number of hydrogen-bond donors (Lipinski definition) is 3. The van der Waals surface area contributed by atoms with Crippen LogP contribution in [-0.4, -0.2) is 20.4 Å². The van der Waals surface area contributed by atoms with Gasteiger partial charge in [0.15, 0.2) is 5.82 Å². The molecule has 4 rings (SSSR count). The Bertz CT molecular complexity index is 947. The smallest absolute Gasteiger partial charge is 0.230 e. The first-order valence-electron chi connectivity index (χ1n) is 6.50. The zero-order valence-electron chi connectivity index (χ0n) is 11.0. The van der Waals surface area contributed by atoms with E-state index in [0.717, 1.165) is 32.2 Å². The second-order valence-corrected chi connectivity index (χ2v) is 4.77. The van der Waals surface area contributed by atoms with Gasteiger partial charge < -0.3 is 5.32 Å². The highest BCUT2D eigenvalue weighted by atomic mass is 16.5. The zero-order chi connectivity index (χ0) is 14.2. The Kier molecular flexibility index (Phi) is 2.47. The lowest BCUT2D eigenvalue weighted by atomic mass is 10.1. The predicted octanol–water partition coefficient (Wildman–Crippen LogP) is 2.38. The molecule has 0 radical (unpaired) electrons. The molecule has 0 spiro atoms. The molecule has 0 aliphatic rings. The number of rotatable bonds is 2. The summed E-state index contributed by atoms with van der Waals surface area (Å²) >= 11 is 0. The number of nitrogens with zero attached hydrogens (tertiary/aromatic N) is 3. The summed E-state index contributed by atoms with van der Waals surface area (Å²) in [5.74, 6) is 0.693. The quantitative estimate of drug-likeness (QED) is 0.388. The van der Waals surface area contributed by atoms with Crippen molar-refractivity contribution in [2.24, 2.45) is 0 Å². The van der Waals surface area contributed by atoms with Gasteiger partial charge in [-0.25, -0.2) is 0 Å². The minimum absolute atomic E-state index is 0.693. The van der Waals surface area contributed by atoms with E-state index >= 15 is 0 Å². The first-order chi connectivity index (χ1) is 10.3. The lowest BCUT2D eigenvalue weighted by Gasteiger charge is -2.04. The Labute approximate surface area is 119 Å². The number of aromatic nitrogens is 4. The van der Waals surface area contributed by atoms with Gasteiger partial charge in [0.25, 0.3) is 0 Å². The van der Waals surface area contributed by atoms with Crippen LogP contribution >= 0.6 is 0 Å². The summed E-state index contributed by atoms with van der Waals surface area (Å²) in [6.45, 7) is 0. The van der Waals surface area contributed by atoms with Crippen LogP contribution in [0.25, 0.3) is 21.8 Å². The minimum Gasteiger partial charge on any atom is -0.337 e. The van der Waals surface area contributed by atoms with Crippen LogP contribution in [0.2, 0.25) is 0 Å². The van der Waals surface area contributed by atoms with Crippen molar-refractivity contribution < 1.29 is 9.94 Å². The van der Waals surface area contributed by atoms with Crippen molar-refractivity contribution in [2.75, 3.05) is 5.32 Å². The highest BCUT2D eigenvalue weighted by Crippen LogP contribution is 2.24. The summed E-state index contributed by atoms with van der Waals surface area (Å²) < 4.78 is 1.04. The number of hydrogen-bond acceptors (Lipinski definition) is 4. The molecule has 0 unspecified atom stereocenters. The molecule has 6 heteroatoms. The van der Waals surface area contributed by atoms with Crippen molar-refractivity contribution >= 4 is 33.3 Å². The fraction of sp³-hybridized carbons (Fsp3) is 0. The van der Waals surface area contributed by atoms with Crippen LogP contribution in [0.15, 0.2) is 55.0 Å². The van der Waals surface area contributed by atoms with Crippen molar-refractivity contribution in [1.82, 2.24) is 15.2 Å². The maximum absolute atomic E-state index is 9.40. The number of H-pyrrole nitrogens is 1. The summed E-state index contributed by atoms with van der Waals surface area (Å²) in [4.78, 5) is 4.32. The molecule has 0 saturated carbocycles. The third-order valence-electron chi connectivity index (χ3n) is 3.35. The van der Waals surface area contributed by atoms with E-state index < -0.39 is 0 Å². The average Bonchev–Trinajstić information content (AvgIpc) is 2.91. The first-order valence-corrected chi connectivity index (χ1v) is 6.50. The second kappa shape index (κ2) is 4.45. The highest BCUT2D eigenvalue weighted by Gasteiger charge is 2.07. The van der Waals surface area contributed by atoms with Gasteiger partial charge in [-0.15, -0.1) is 0 Å². The Morgan fingerprint density at radius 2 is 2.10 bits per heavy atom. The van der Waals surface area contributed by atoms with Crippen molar-refractivity contribution in [3.8, 4) is 0 Å². The average molecular weight is 278 g/mol. The number of anilines is 2. The molecule has 0 amide bonds. The number of fused-ring (bicyclic) bond motifs is 2. The molecule has 0 saturated heterocycles. The lowest BCUT2D eigenvalue weighted by molar-refractivity contribution is -0.903. The lowest BCUT2D eigenvalue weighted by Crippen LogP contribution is -2.27. The largest absolute Gasteiger partial charge is 0.337 e. The molecule has 0 bridgehead atoms. The van der Waals surface area contributed by atoms with E-state index in [-0.39, 0.29) is 0 Å². The van der Waals surface area contributed by atoms with E-state index in [1.54, 1.807) is 18.6 Å². The van der Waals surface area contributed by atoms with Gasteiger partial charge in [-0.1, -0.05) is 0 Å². The molecule has 21 heavy (non-hydrogen) atoms. The van der Waals surface area contributed by atoms with Crippen molar-refractivity contribution in [3.05, 3.63) is 55.0 Å². The van der Waals surface area contributed by atoms with Crippen LogP contribution in [0.1, 0.15) is 0 Å². The molecule has 6 nitrogen and oxygen atoms in total. The maximum Gasteiger partial charge on any atom is 0.230 e. The summed E-state index contributed by atoms with van der Waals surface area (Å²) in [6.07, 6.45) is 4.99. The molecule has 0 aliphatic heterocycles. The third kappa shape index (κ3) is 2.02. The normalized spacial score (nSPS) is 11.0. The SMILES string of the molecule is O[n+]1ccc2cc(Nc3n[nH]c4cccnc34)ccc2c1. The summed E-state index contributed by atoms with van der Waals surface area (Å²) in [5, 5.41) is 21.8. The molecule has 3 heterocycles. The monoisotopic (exact) mass is 278 g/mol. The molecule has 3 aromatic heterocycles. The van der Waals surface area contributed by atoms with Gasteiger partial charge in [-0.3, -0.25) is 15.3 Å². The van der Waals surface area contributed by atoms with Gasteiger partial charge in [0.1, 0.15) is 5.52 Å². The van der Waals surface area contributed by atoms with Crippen LogP contribution in [0, 0.1) is 0 Å². The van der Waals surface area contributed by atoms with Gasteiger partial charge in [0.2, 0.25) is 12.4 Å². The van der Waals surface area contributed by atoms with Crippen LogP contribution in [0.4, 0.5) is 11.5 Å². The van der Waals surface area contributed by atoms with Gasteiger partial charge in [-0.2, -0.15) is 5.10 Å². The van der Waals surface area contributed by atoms with Gasteiger partial charge in [0.05, 0.1) is 10.9 Å². The minimum atomic E-state index is 0.693. The van der Waals surface area contributed by atoms with Crippen LogP contribution in [-0.2, 0) is 0 Å². The van der Waals surface area contributed by atoms with Crippen LogP contribution < -0.4 is 10.0 Å². The van der Waals surface area contributed by atoms with E-state index in [4.69, 9.17) is 0 Å². The highest BCUT2D eigenvalue weighted by molar-refractivity contribution is 5.90. The van der Waals surface area contributed by atoms with E-state index in [1.807, 2.05) is 36.4 Å². The summed E-state index contributed by atoms with van der Waals surface area (Å²) in [7, 11) is 0. The Hall–Kier alpha value is -3.15. The van der Waals surface area contributed by atoms with Crippen molar-refractivity contribution in [1.29, 1.82) is 0 Å². The number of benzene rings is 1. The van der Waals surface area contributed by atoms with E-state index in [2.05, 4.69) is 20.5 Å². The molecule has 102 valence electrons. The van der Waals surface area contributed by atoms with Gasteiger partial charge in [-0.05, 0) is 35.7 Å². The molecule has 4 aromatic rings. The third-order valence-corrected chi connectivity index (χ3v) is 3.35. The molecule has 1 aromatic carbocycles. The summed E-state index contributed by atoms with van der Waals surface area (Å²) in [6, 6.07) is 11.5. The van der Waals surface area contributed by atoms with E-state index in [9.17, 15) is 5.21 Å². The first kappa shape index (κ1) is 11.7. The topological polar surface area (TPSA) is 77.7 Å². The van der Waals surface area contributed by atoms with E-state index in [0.29, 0.717) is 5.82 Å². The molecule has 0 atom stereocenters. The molecular formula is C15H12N5O+. The second-order valence-electron chi connectivity index (χ2n) is 4.77. The molecule has 0 aliphatic carbocycles. The molecule has 0 fully saturated rings. The Balaban J connectivity index is 1.75. The maximum atomic E-state index is 9.40. The molecule has 3 N–H and O–H groups in total. The zero-order valence-corrected chi connectivity index (χ0v) is 11.0. The fourth-order valence-electron chi connectivity index (χ4n) is 2.33. The standard InChI is InChI=1S/C15H11N5O/c21-20-7-5-10-8-12(4-3-11(10)9-20)17-15-14-13(18-19-15)2-1-6-16-14/h1-9,21H,(H,16,18,19)/p+1. The van der Waals surface area contributed by atoms with Crippen molar-refractivity contribution in [2.45, 2.75) is 0 Å². The summed E-state index contributed by atoms with van der Waals surface area (Å²) in [5.41, 5.74) is 2.61. The van der Waals surface area contributed by atoms with E-state index in [1.165, 1.54) is 0 Å². The molecular weight excluding hydrogens is 266 g/mol. The Morgan fingerprint density at radius 3 is 3.05 bits per heavy atom.